The molecule has 6 heteroatoms. The minimum Gasteiger partial charge on any atom is -0.496 e. The molecule has 0 N–H and O–H groups in total. The van der Waals surface area contributed by atoms with Crippen LogP contribution in [0.5, 0.6) is 5.75 Å². The number of ether oxygens (including phenoxy) is 1. The Kier molecular flexibility index (Phi) is 6.40. The quantitative estimate of drug-likeness (QED) is 0.849. The maximum Gasteiger partial charge on any atom is 0.225 e. The second kappa shape index (κ2) is 8.31. The minimum absolute atomic E-state index is 0. The molecule has 0 unspecified atom stereocenters. The number of halogens is 1. The van der Waals surface area contributed by atoms with Gasteiger partial charge in [0.05, 0.1) is 7.11 Å². The molecule has 3 rings (SSSR count). The summed E-state index contributed by atoms with van der Waals surface area (Å²) >= 11 is 0. The zero-order valence-electron chi connectivity index (χ0n) is 14.5. The normalized spacial score (nSPS) is 15.0. The van der Waals surface area contributed by atoms with Crippen LogP contribution < -0.4 is 9.64 Å². The van der Waals surface area contributed by atoms with Crippen molar-refractivity contribution in [3.8, 4) is 5.75 Å². The van der Waals surface area contributed by atoms with E-state index in [1.165, 1.54) is 16.7 Å². The SMILES string of the molecule is COc1c(C)cc(CN2CCN(c3ncccn3)CC2)cc1C.Cl. The number of hydrogen-bond donors (Lipinski definition) is 0. The van der Waals surface area contributed by atoms with E-state index in [0.717, 1.165) is 44.4 Å². The van der Waals surface area contributed by atoms with Crippen LogP contribution in [0.2, 0.25) is 0 Å². The van der Waals surface area contributed by atoms with E-state index >= 15 is 0 Å². The summed E-state index contributed by atoms with van der Waals surface area (Å²) in [6.45, 7) is 9.20. The zero-order valence-corrected chi connectivity index (χ0v) is 15.3. The Morgan fingerprint density at radius 3 is 2.12 bits per heavy atom. The van der Waals surface area contributed by atoms with Gasteiger partial charge >= 0.3 is 0 Å². The summed E-state index contributed by atoms with van der Waals surface area (Å²) in [5, 5.41) is 0. The molecule has 24 heavy (non-hydrogen) atoms. The largest absolute Gasteiger partial charge is 0.496 e. The van der Waals surface area contributed by atoms with Gasteiger partial charge < -0.3 is 9.64 Å². The van der Waals surface area contributed by atoms with Gasteiger partial charge in [0.15, 0.2) is 0 Å². The molecule has 1 fully saturated rings. The number of hydrogen-bond acceptors (Lipinski definition) is 5. The number of aromatic nitrogens is 2. The summed E-state index contributed by atoms with van der Waals surface area (Å²) in [6.07, 6.45) is 3.61. The standard InChI is InChI=1S/C18H24N4O.ClH/c1-14-11-16(12-15(2)17(14)23-3)13-21-7-9-22(10-8-21)18-19-5-4-6-20-18;/h4-6,11-12H,7-10,13H2,1-3H3;1H. The number of rotatable bonds is 4. The van der Waals surface area contributed by atoms with E-state index in [4.69, 9.17) is 4.74 Å². The van der Waals surface area contributed by atoms with Crippen molar-refractivity contribution in [2.24, 2.45) is 0 Å². The van der Waals surface area contributed by atoms with Crippen molar-refractivity contribution >= 4 is 18.4 Å². The summed E-state index contributed by atoms with van der Waals surface area (Å²) in [4.78, 5) is 13.4. The van der Waals surface area contributed by atoms with Crippen LogP contribution in [0.3, 0.4) is 0 Å². The average Bonchev–Trinajstić information content (AvgIpc) is 2.56. The number of nitrogens with zero attached hydrogens (tertiary/aromatic N) is 4. The average molecular weight is 349 g/mol. The molecule has 2 aromatic rings. The van der Waals surface area contributed by atoms with Crippen LogP contribution in [0.4, 0.5) is 5.95 Å². The second-order valence-corrected chi connectivity index (χ2v) is 6.07. The van der Waals surface area contributed by atoms with Crippen LogP contribution in [-0.2, 0) is 6.54 Å². The summed E-state index contributed by atoms with van der Waals surface area (Å²) in [5.41, 5.74) is 3.77. The van der Waals surface area contributed by atoms with Crippen molar-refractivity contribution < 1.29 is 4.74 Å². The lowest BCUT2D eigenvalue weighted by molar-refractivity contribution is 0.248. The van der Waals surface area contributed by atoms with E-state index < -0.39 is 0 Å². The fourth-order valence-electron chi connectivity index (χ4n) is 3.27. The molecule has 0 spiro atoms. The lowest BCUT2D eigenvalue weighted by atomic mass is 10.0. The summed E-state index contributed by atoms with van der Waals surface area (Å²) in [5.74, 6) is 1.84. The van der Waals surface area contributed by atoms with Crippen molar-refractivity contribution in [2.45, 2.75) is 20.4 Å². The Morgan fingerprint density at radius 1 is 1.00 bits per heavy atom. The summed E-state index contributed by atoms with van der Waals surface area (Å²) < 4.78 is 5.45. The van der Waals surface area contributed by atoms with Gasteiger partial charge in [-0.15, -0.1) is 12.4 Å². The fraction of sp³-hybridized carbons (Fsp3) is 0.444. The molecule has 0 aliphatic carbocycles. The highest BCUT2D eigenvalue weighted by Gasteiger charge is 2.19. The van der Waals surface area contributed by atoms with Gasteiger partial charge in [-0.25, -0.2) is 9.97 Å². The Morgan fingerprint density at radius 2 is 1.58 bits per heavy atom. The lowest BCUT2D eigenvalue weighted by Gasteiger charge is -2.34. The van der Waals surface area contributed by atoms with Crippen molar-refractivity contribution in [3.63, 3.8) is 0 Å². The van der Waals surface area contributed by atoms with Crippen LogP contribution in [0.25, 0.3) is 0 Å². The predicted molar refractivity (Wildman–Crippen MR) is 99.2 cm³/mol. The van der Waals surface area contributed by atoms with E-state index in [2.05, 4.69) is 45.7 Å². The van der Waals surface area contributed by atoms with Gasteiger partial charge in [-0.1, -0.05) is 12.1 Å². The van der Waals surface area contributed by atoms with Crippen LogP contribution in [-0.4, -0.2) is 48.2 Å². The molecule has 1 aliphatic rings. The highest BCUT2D eigenvalue weighted by Crippen LogP contribution is 2.25. The van der Waals surface area contributed by atoms with Gasteiger partial charge in [-0.3, -0.25) is 4.90 Å². The van der Waals surface area contributed by atoms with E-state index in [9.17, 15) is 0 Å². The number of piperazine rings is 1. The minimum atomic E-state index is 0. The second-order valence-electron chi connectivity index (χ2n) is 6.07. The highest BCUT2D eigenvalue weighted by molar-refractivity contribution is 5.85. The van der Waals surface area contributed by atoms with Crippen LogP contribution >= 0.6 is 12.4 Å². The molecule has 1 aromatic heterocycles. The smallest absolute Gasteiger partial charge is 0.225 e. The first-order valence-corrected chi connectivity index (χ1v) is 8.06. The molecule has 0 saturated carbocycles. The maximum atomic E-state index is 5.45. The Hall–Kier alpha value is -1.85. The number of methoxy groups -OCH3 is 1. The first kappa shape index (κ1) is 18.5. The van der Waals surface area contributed by atoms with E-state index in [1.54, 1.807) is 19.5 Å². The monoisotopic (exact) mass is 348 g/mol. The maximum absolute atomic E-state index is 5.45. The van der Waals surface area contributed by atoms with Crippen LogP contribution in [0.15, 0.2) is 30.6 Å². The summed E-state index contributed by atoms with van der Waals surface area (Å²) in [7, 11) is 1.74. The Bertz CT molecular complexity index is 634. The first-order valence-electron chi connectivity index (χ1n) is 8.06. The molecule has 1 aromatic carbocycles. The third kappa shape index (κ3) is 4.16. The lowest BCUT2D eigenvalue weighted by Crippen LogP contribution is -2.46. The fourth-order valence-corrected chi connectivity index (χ4v) is 3.27. The predicted octanol–water partition coefficient (Wildman–Crippen LogP) is 2.85. The Balaban J connectivity index is 0.00000208. The molecule has 1 saturated heterocycles. The van der Waals surface area contributed by atoms with Gasteiger partial charge in [-0.05, 0) is 36.6 Å². The van der Waals surface area contributed by atoms with Crippen molar-refractivity contribution in [1.82, 2.24) is 14.9 Å². The molecular formula is C18H25ClN4O. The van der Waals surface area contributed by atoms with Crippen molar-refractivity contribution in [1.29, 1.82) is 0 Å². The Labute approximate surface area is 150 Å². The van der Waals surface area contributed by atoms with Crippen molar-refractivity contribution in [3.05, 3.63) is 47.3 Å². The number of benzene rings is 1. The van der Waals surface area contributed by atoms with Crippen LogP contribution in [0.1, 0.15) is 16.7 Å². The molecular weight excluding hydrogens is 324 g/mol. The van der Waals surface area contributed by atoms with E-state index in [-0.39, 0.29) is 12.4 Å². The topological polar surface area (TPSA) is 41.5 Å². The third-order valence-electron chi connectivity index (χ3n) is 4.34. The van der Waals surface area contributed by atoms with Crippen molar-refractivity contribution in [2.75, 3.05) is 38.2 Å². The van der Waals surface area contributed by atoms with Gasteiger partial charge in [0, 0.05) is 45.1 Å². The molecule has 0 bridgehead atoms. The molecule has 5 nitrogen and oxygen atoms in total. The number of aryl methyl sites for hydroxylation is 2. The van der Waals surface area contributed by atoms with Gasteiger partial charge in [0.25, 0.3) is 0 Å². The number of anilines is 1. The molecule has 1 aliphatic heterocycles. The zero-order chi connectivity index (χ0) is 16.2. The third-order valence-corrected chi connectivity index (χ3v) is 4.34. The van der Waals surface area contributed by atoms with Crippen LogP contribution in [0, 0.1) is 13.8 Å². The molecule has 0 amide bonds. The molecule has 130 valence electrons. The van der Waals surface area contributed by atoms with Gasteiger partial charge in [0.2, 0.25) is 5.95 Å². The highest BCUT2D eigenvalue weighted by atomic mass is 35.5. The molecule has 2 heterocycles. The molecule has 0 radical (unpaired) electrons. The van der Waals surface area contributed by atoms with Gasteiger partial charge in [-0.2, -0.15) is 0 Å². The van der Waals surface area contributed by atoms with E-state index in [0.29, 0.717) is 0 Å². The first-order chi connectivity index (χ1) is 11.2. The molecule has 0 atom stereocenters. The van der Waals surface area contributed by atoms with Gasteiger partial charge in [0.1, 0.15) is 5.75 Å². The van der Waals surface area contributed by atoms with E-state index in [1.807, 2.05) is 6.07 Å². The summed E-state index contributed by atoms with van der Waals surface area (Å²) in [6, 6.07) is 6.32.